The third-order valence-electron chi connectivity index (χ3n) is 3.78. The maximum absolute atomic E-state index is 3.77. The second kappa shape index (κ2) is 5.92. The SMILES string of the molecule is CSC1CCC(NC(C)c2ccc(C)cc2)C1. The molecule has 0 aliphatic heterocycles. The molecule has 17 heavy (non-hydrogen) atoms. The number of nitrogens with one attached hydrogen (secondary N) is 1. The molecular formula is C15H23NS. The van der Waals surface area contributed by atoms with Crippen LogP contribution in [0.15, 0.2) is 24.3 Å². The van der Waals surface area contributed by atoms with Gasteiger partial charge in [0.15, 0.2) is 0 Å². The van der Waals surface area contributed by atoms with Crippen molar-refractivity contribution < 1.29 is 0 Å². The number of hydrogen-bond acceptors (Lipinski definition) is 2. The lowest BCUT2D eigenvalue weighted by molar-refractivity contribution is 0.462. The van der Waals surface area contributed by atoms with Crippen LogP contribution in [-0.2, 0) is 0 Å². The largest absolute Gasteiger partial charge is 0.307 e. The summed E-state index contributed by atoms with van der Waals surface area (Å²) in [4.78, 5) is 0. The molecule has 0 saturated heterocycles. The Morgan fingerprint density at radius 1 is 1.24 bits per heavy atom. The number of aryl methyl sites for hydroxylation is 1. The van der Waals surface area contributed by atoms with Gasteiger partial charge in [-0.25, -0.2) is 0 Å². The minimum absolute atomic E-state index is 0.473. The van der Waals surface area contributed by atoms with Crippen molar-refractivity contribution in [1.29, 1.82) is 0 Å². The van der Waals surface area contributed by atoms with E-state index in [4.69, 9.17) is 0 Å². The van der Waals surface area contributed by atoms with Crippen LogP contribution in [0.1, 0.15) is 43.4 Å². The normalized spacial score (nSPS) is 26.1. The van der Waals surface area contributed by atoms with E-state index in [1.165, 1.54) is 30.4 Å². The van der Waals surface area contributed by atoms with Gasteiger partial charge in [-0.1, -0.05) is 29.8 Å². The van der Waals surface area contributed by atoms with Crippen molar-refractivity contribution >= 4 is 11.8 Å². The molecule has 94 valence electrons. The second-order valence-corrected chi connectivity index (χ2v) is 6.30. The molecule has 3 atom stereocenters. The molecular weight excluding hydrogens is 226 g/mol. The third-order valence-corrected chi connectivity index (χ3v) is 4.88. The lowest BCUT2D eigenvalue weighted by atomic mass is 10.1. The molecule has 3 unspecified atom stereocenters. The molecule has 1 aromatic carbocycles. The van der Waals surface area contributed by atoms with E-state index in [0.717, 1.165) is 5.25 Å². The molecule has 2 heteroatoms. The zero-order valence-electron chi connectivity index (χ0n) is 11.1. The molecule has 2 rings (SSSR count). The molecule has 0 heterocycles. The van der Waals surface area contributed by atoms with Crippen molar-refractivity contribution in [3.8, 4) is 0 Å². The van der Waals surface area contributed by atoms with Crippen LogP contribution < -0.4 is 5.32 Å². The molecule has 0 radical (unpaired) electrons. The summed E-state index contributed by atoms with van der Waals surface area (Å²) in [7, 11) is 0. The van der Waals surface area contributed by atoms with E-state index in [2.05, 4.69) is 49.7 Å². The maximum atomic E-state index is 3.77. The Hall–Kier alpha value is -0.470. The lowest BCUT2D eigenvalue weighted by Crippen LogP contribution is -2.29. The van der Waals surface area contributed by atoms with Crippen molar-refractivity contribution in [1.82, 2.24) is 5.32 Å². The summed E-state index contributed by atoms with van der Waals surface area (Å²) < 4.78 is 0. The average molecular weight is 249 g/mol. The summed E-state index contributed by atoms with van der Waals surface area (Å²) in [5, 5.41) is 4.64. The van der Waals surface area contributed by atoms with Gasteiger partial charge in [-0.05, 0) is 44.9 Å². The van der Waals surface area contributed by atoms with Crippen molar-refractivity contribution in [2.75, 3.05) is 6.26 Å². The van der Waals surface area contributed by atoms with E-state index in [9.17, 15) is 0 Å². The highest BCUT2D eigenvalue weighted by Gasteiger charge is 2.24. The van der Waals surface area contributed by atoms with Gasteiger partial charge in [-0.2, -0.15) is 11.8 Å². The zero-order chi connectivity index (χ0) is 12.3. The Balaban J connectivity index is 1.89. The predicted octanol–water partition coefficient (Wildman–Crippen LogP) is 3.93. The summed E-state index contributed by atoms with van der Waals surface area (Å²) in [5.41, 5.74) is 2.74. The molecule has 1 fully saturated rings. The van der Waals surface area contributed by atoms with Gasteiger partial charge < -0.3 is 5.32 Å². The van der Waals surface area contributed by atoms with Gasteiger partial charge in [0.25, 0.3) is 0 Å². The van der Waals surface area contributed by atoms with Gasteiger partial charge in [-0.3, -0.25) is 0 Å². The Kier molecular flexibility index (Phi) is 4.52. The van der Waals surface area contributed by atoms with E-state index in [0.29, 0.717) is 12.1 Å². The van der Waals surface area contributed by atoms with Gasteiger partial charge in [0.2, 0.25) is 0 Å². The molecule has 1 saturated carbocycles. The van der Waals surface area contributed by atoms with Crippen LogP contribution in [0.4, 0.5) is 0 Å². The number of rotatable bonds is 4. The standard InChI is InChI=1S/C15H23NS/c1-11-4-6-13(7-5-11)12(2)16-14-8-9-15(10-14)17-3/h4-7,12,14-16H,8-10H2,1-3H3. The summed E-state index contributed by atoms with van der Waals surface area (Å²) in [5.74, 6) is 0. The predicted molar refractivity (Wildman–Crippen MR) is 77.7 cm³/mol. The molecule has 1 nitrogen and oxygen atoms in total. The van der Waals surface area contributed by atoms with Crippen molar-refractivity contribution in [2.45, 2.75) is 50.4 Å². The fourth-order valence-corrected chi connectivity index (χ4v) is 3.41. The molecule has 1 aliphatic rings. The Labute approximate surface area is 109 Å². The van der Waals surface area contributed by atoms with Crippen molar-refractivity contribution in [3.05, 3.63) is 35.4 Å². The van der Waals surface area contributed by atoms with Crippen molar-refractivity contribution in [3.63, 3.8) is 0 Å². The smallest absolute Gasteiger partial charge is 0.0294 e. The van der Waals surface area contributed by atoms with Crippen LogP contribution in [0.3, 0.4) is 0 Å². The van der Waals surface area contributed by atoms with Crippen LogP contribution >= 0.6 is 11.8 Å². The third kappa shape index (κ3) is 3.49. The highest BCUT2D eigenvalue weighted by atomic mass is 32.2. The van der Waals surface area contributed by atoms with Gasteiger partial charge in [0, 0.05) is 17.3 Å². The van der Waals surface area contributed by atoms with E-state index < -0.39 is 0 Å². The Morgan fingerprint density at radius 2 is 1.94 bits per heavy atom. The van der Waals surface area contributed by atoms with E-state index in [1.807, 2.05) is 11.8 Å². The summed E-state index contributed by atoms with van der Waals surface area (Å²) >= 11 is 2.02. The van der Waals surface area contributed by atoms with Gasteiger partial charge in [0.1, 0.15) is 0 Å². The topological polar surface area (TPSA) is 12.0 Å². The van der Waals surface area contributed by atoms with Gasteiger partial charge in [0.05, 0.1) is 0 Å². The first-order valence-corrected chi connectivity index (χ1v) is 7.83. The van der Waals surface area contributed by atoms with Crippen LogP contribution in [0, 0.1) is 6.92 Å². The van der Waals surface area contributed by atoms with Crippen LogP contribution in [0.25, 0.3) is 0 Å². The number of hydrogen-bond donors (Lipinski definition) is 1. The monoisotopic (exact) mass is 249 g/mol. The average Bonchev–Trinajstić information content (AvgIpc) is 2.77. The molecule has 0 amide bonds. The molecule has 0 bridgehead atoms. The van der Waals surface area contributed by atoms with Crippen molar-refractivity contribution in [2.24, 2.45) is 0 Å². The summed E-state index contributed by atoms with van der Waals surface area (Å²) in [6.45, 7) is 4.42. The quantitative estimate of drug-likeness (QED) is 0.867. The summed E-state index contributed by atoms with van der Waals surface area (Å²) in [6, 6.07) is 10.1. The lowest BCUT2D eigenvalue weighted by Gasteiger charge is -2.20. The zero-order valence-corrected chi connectivity index (χ0v) is 11.9. The first kappa shape index (κ1) is 13.0. The van der Waals surface area contributed by atoms with E-state index >= 15 is 0 Å². The highest BCUT2D eigenvalue weighted by molar-refractivity contribution is 7.99. The maximum Gasteiger partial charge on any atom is 0.0294 e. The molecule has 1 aliphatic carbocycles. The second-order valence-electron chi connectivity index (χ2n) is 5.17. The highest BCUT2D eigenvalue weighted by Crippen LogP contribution is 2.29. The van der Waals surface area contributed by atoms with E-state index in [1.54, 1.807) is 0 Å². The minimum Gasteiger partial charge on any atom is -0.307 e. The molecule has 0 aromatic heterocycles. The van der Waals surface area contributed by atoms with Gasteiger partial charge >= 0.3 is 0 Å². The van der Waals surface area contributed by atoms with Crippen LogP contribution in [0.2, 0.25) is 0 Å². The Bertz CT molecular complexity index is 346. The molecule has 1 N–H and O–H groups in total. The van der Waals surface area contributed by atoms with Crippen LogP contribution in [0.5, 0.6) is 0 Å². The first-order valence-electron chi connectivity index (χ1n) is 6.54. The first-order chi connectivity index (χ1) is 8.19. The fraction of sp³-hybridized carbons (Fsp3) is 0.600. The summed E-state index contributed by atoms with van der Waals surface area (Å²) in [6.07, 6.45) is 6.27. The Morgan fingerprint density at radius 3 is 2.53 bits per heavy atom. The van der Waals surface area contributed by atoms with Crippen LogP contribution in [-0.4, -0.2) is 17.5 Å². The molecule has 1 aromatic rings. The number of thioether (sulfide) groups is 1. The van der Waals surface area contributed by atoms with Gasteiger partial charge in [-0.15, -0.1) is 0 Å². The molecule has 0 spiro atoms. The minimum atomic E-state index is 0.473. The number of benzene rings is 1. The fourth-order valence-electron chi connectivity index (χ4n) is 2.61. The van der Waals surface area contributed by atoms with E-state index in [-0.39, 0.29) is 0 Å².